The number of hydrogen-bond donors (Lipinski definition) is 0. The van der Waals surface area contributed by atoms with Crippen molar-refractivity contribution in [1.82, 2.24) is 0 Å². The molecule has 55 heavy (non-hydrogen) atoms. The molecule has 0 unspecified atom stereocenters. The van der Waals surface area contributed by atoms with Crippen LogP contribution in [0.5, 0.6) is 23.0 Å². The summed E-state index contributed by atoms with van der Waals surface area (Å²) in [6, 6.07) is 27.4. The summed E-state index contributed by atoms with van der Waals surface area (Å²) in [5.41, 5.74) is 11.8. The van der Waals surface area contributed by atoms with Gasteiger partial charge >= 0.3 is 0 Å². The minimum absolute atomic E-state index is 0.0231. The van der Waals surface area contributed by atoms with E-state index >= 15 is 0 Å². The van der Waals surface area contributed by atoms with Crippen molar-refractivity contribution in [3.63, 3.8) is 0 Å². The lowest BCUT2D eigenvalue weighted by molar-refractivity contribution is 0.171. The van der Waals surface area contributed by atoms with Crippen molar-refractivity contribution < 1.29 is 23.4 Å². The highest BCUT2D eigenvalue weighted by atomic mass is 35.5. The smallest absolute Gasteiger partial charge is 0.163 e. The molecule has 284 valence electrons. The molecule has 0 bridgehead atoms. The Kier molecular flexibility index (Phi) is 9.20. The summed E-state index contributed by atoms with van der Waals surface area (Å²) in [7, 11) is 0. The summed E-state index contributed by atoms with van der Waals surface area (Å²) in [6.07, 6.45) is 1.87. The van der Waals surface area contributed by atoms with Gasteiger partial charge in [-0.1, -0.05) is 71.3 Å². The molecule has 0 N–H and O–H groups in total. The monoisotopic (exact) mass is 756 g/mol. The van der Waals surface area contributed by atoms with E-state index in [0.29, 0.717) is 54.4 Å². The molecule has 0 atom stereocenters. The van der Waals surface area contributed by atoms with Crippen molar-refractivity contribution in [3.05, 3.63) is 118 Å². The number of fused-ring (bicyclic) bond motifs is 3. The van der Waals surface area contributed by atoms with Crippen LogP contribution in [0.2, 0.25) is 5.02 Å². The molecular formula is C47H49ClN2O5. The summed E-state index contributed by atoms with van der Waals surface area (Å²) >= 11 is 7.86. The number of aryl methyl sites for hydroxylation is 3. The first-order chi connectivity index (χ1) is 26.2. The average Bonchev–Trinajstić information content (AvgIpc) is 3.57. The van der Waals surface area contributed by atoms with Crippen LogP contribution < -0.4 is 28.7 Å². The fraction of sp³-hybridized carbons (Fsp3) is 0.319. The fourth-order valence-electron chi connectivity index (χ4n) is 7.59. The van der Waals surface area contributed by atoms with Gasteiger partial charge in [0.2, 0.25) is 0 Å². The zero-order valence-corrected chi connectivity index (χ0v) is 34.0. The summed E-state index contributed by atoms with van der Waals surface area (Å²) in [4.78, 5) is 4.45. The Balaban J connectivity index is 1.40. The van der Waals surface area contributed by atoms with E-state index in [1.807, 2.05) is 42.7 Å². The van der Waals surface area contributed by atoms with Crippen molar-refractivity contribution in [3.8, 4) is 23.0 Å². The van der Waals surface area contributed by atoms with Gasteiger partial charge in [0, 0.05) is 17.5 Å². The van der Waals surface area contributed by atoms with Gasteiger partial charge in [0.05, 0.1) is 39.1 Å². The van der Waals surface area contributed by atoms with Gasteiger partial charge in [0.25, 0.3) is 0 Å². The molecule has 0 fully saturated rings. The summed E-state index contributed by atoms with van der Waals surface area (Å²) in [6.45, 7) is 21.9. The molecule has 0 amide bonds. The third-order valence-corrected chi connectivity index (χ3v) is 10.9. The second kappa shape index (κ2) is 13.8. The van der Waals surface area contributed by atoms with Crippen LogP contribution >= 0.6 is 11.6 Å². The van der Waals surface area contributed by atoms with Gasteiger partial charge in [-0.3, -0.25) is 0 Å². The topological polar surface area (TPSA) is 56.5 Å². The van der Waals surface area contributed by atoms with E-state index in [0.717, 1.165) is 61.8 Å². The van der Waals surface area contributed by atoms with E-state index in [1.165, 1.54) is 11.1 Å². The van der Waals surface area contributed by atoms with Gasteiger partial charge in [-0.25, -0.2) is 0 Å². The summed E-state index contributed by atoms with van der Waals surface area (Å²) < 4.78 is 30.4. The number of nitrogens with zero attached hydrogens (tertiary/aromatic N) is 2. The van der Waals surface area contributed by atoms with Crippen molar-refractivity contribution in [2.75, 3.05) is 36.2 Å². The average molecular weight is 757 g/mol. The van der Waals surface area contributed by atoms with E-state index in [4.69, 9.17) is 35.0 Å². The third kappa shape index (κ3) is 6.84. The van der Waals surface area contributed by atoms with Crippen molar-refractivity contribution in [1.29, 1.82) is 0 Å². The fourth-order valence-corrected chi connectivity index (χ4v) is 7.87. The first-order valence-corrected chi connectivity index (χ1v) is 19.4. The van der Waals surface area contributed by atoms with Crippen LogP contribution in [-0.4, -0.2) is 26.4 Å². The molecule has 0 saturated carbocycles. The molecule has 0 saturated heterocycles. The van der Waals surface area contributed by atoms with Crippen LogP contribution in [0.3, 0.4) is 0 Å². The predicted octanol–water partition coefficient (Wildman–Crippen LogP) is 13.1. The number of halogens is 1. The van der Waals surface area contributed by atoms with E-state index in [1.54, 1.807) is 0 Å². The van der Waals surface area contributed by atoms with Crippen LogP contribution in [-0.2, 0) is 10.8 Å². The standard InChI is InChI=1S/C47H49ClN2O5/c1-28-20-36(49(33-11-14-40-42(25-33)53-18-16-51-40)34-12-15-41-43(26-34)54-19-17-52-41)44(48)37(21-28)50(45-29(2)22-32(23-30(45)3)47(7,8)9)38-27-55-39-13-10-31(24-35(38)39)46(4,5)6/h10-15,20-27H,16-19H2,1-9H3. The molecule has 1 aromatic heterocycles. The molecule has 0 radical (unpaired) electrons. The number of hydrogen-bond acceptors (Lipinski definition) is 7. The Labute approximate surface area is 329 Å². The Morgan fingerprint density at radius 2 is 1.04 bits per heavy atom. The molecule has 8 rings (SSSR count). The first kappa shape index (κ1) is 36.7. The predicted molar refractivity (Wildman–Crippen MR) is 224 cm³/mol. The van der Waals surface area contributed by atoms with Crippen LogP contribution in [0.4, 0.5) is 34.1 Å². The van der Waals surface area contributed by atoms with Gasteiger partial charge in [-0.2, -0.15) is 0 Å². The Morgan fingerprint density at radius 1 is 0.527 bits per heavy atom. The Bertz CT molecular complexity index is 2350. The second-order valence-corrected chi connectivity index (χ2v) is 17.1. The maximum Gasteiger partial charge on any atom is 0.163 e. The van der Waals surface area contributed by atoms with Crippen molar-refractivity contribution in [2.24, 2.45) is 0 Å². The molecule has 8 heteroatoms. The van der Waals surface area contributed by atoms with Crippen molar-refractivity contribution in [2.45, 2.75) is 73.1 Å². The van der Waals surface area contributed by atoms with Crippen LogP contribution in [0.25, 0.3) is 11.0 Å². The molecule has 6 aromatic rings. The van der Waals surface area contributed by atoms with Crippen molar-refractivity contribution >= 4 is 56.7 Å². The number of ether oxygens (including phenoxy) is 4. The summed E-state index contributed by atoms with van der Waals surface area (Å²) in [5.74, 6) is 2.79. The minimum atomic E-state index is -0.0599. The molecule has 2 aliphatic heterocycles. The lowest BCUT2D eigenvalue weighted by atomic mass is 9.84. The minimum Gasteiger partial charge on any atom is -0.486 e. The number of benzene rings is 5. The lowest BCUT2D eigenvalue weighted by Gasteiger charge is -2.34. The maximum atomic E-state index is 7.86. The zero-order chi connectivity index (χ0) is 38.8. The second-order valence-electron chi connectivity index (χ2n) is 16.7. The highest BCUT2D eigenvalue weighted by Gasteiger charge is 2.30. The number of furan rings is 1. The number of anilines is 6. The largest absolute Gasteiger partial charge is 0.486 e. The first-order valence-electron chi connectivity index (χ1n) is 19.0. The molecule has 0 spiro atoms. The van der Waals surface area contributed by atoms with Gasteiger partial charge in [-0.15, -0.1) is 0 Å². The van der Waals surface area contributed by atoms with E-state index in [9.17, 15) is 0 Å². The highest BCUT2D eigenvalue weighted by Crippen LogP contribution is 2.52. The van der Waals surface area contributed by atoms with Gasteiger partial charge in [0.15, 0.2) is 23.0 Å². The SMILES string of the molecule is Cc1cc(N(c2ccc3c(c2)OCCO3)c2ccc3c(c2)OCCO3)c(Cl)c(N(c2c(C)cc(C(C)(C)C)cc2C)c2coc3ccc(C(C)(C)C)cc23)c1. The van der Waals surface area contributed by atoms with Gasteiger partial charge in [0.1, 0.15) is 38.3 Å². The van der Waals surface area contributed by atoms with Crippen LogP contribution in [0.1, 0.15) is 69.4 Å². The molecule has 5 aromatic carbocycles. The number of rotatable bonds is 6. The molecule has 3 heterocycles. The van der Waals surface area contributed by atoms with Gasteiger partial charge in [-0.05, 0) is 108 Å². The molecular weight excluding hydrogens is 708 g/mol. The zero-order valence-electron chi connectivity index (χ0n) is 33.2. The highest BCUT2D eigenvalue weighted by molar-refractivity contribution is 6.37. The van der Waals surface area contributed by atoms with Crippen LogP contribution in [0, 0.1) is 20.8 Å². The third-order valence-electron chi connectivity index (χ3n) is 10.5. The summed E-state index contributed by atoms with van der Waals surface area (Å²) in [5, 5.41) is 1.58. The Morgan fingerprint density at radius 3 is 1.56 bits per heavy atom. The molecule has 2 aliphatic rings. The quantitative estimate of drug-likeness (QED) is 0.168. The van der Waals surface area contributed by atoms with Crippen LogP contribution in [0.15, 0.2) is 89.5 Å². The normalized spacial score (nSPS) is 13.9. The van der Waals surface area contributed by atoms with E-state index in [-0.39, 0.29) is 10.8 Å². The van der Waals surface area contributed by atoms with E-state index in [2.05, 4.69) is 115 Å². The maximum absolute atomic E-state index is 7.86. The van der Waals surface area contributed by atoms with Gasteiger partial charge < -0.3 is 33.2 Å². The Hall–Kier alpha value is -5.27. The molecule has 7 nitrogen and oxygen atoms in total. The van der Waals surface area contributed by atoms with E-state index < -0.39 is 0 Å². The lowest BCUT2D eigenvalue weighted by Crippen LogP contribution is -2.19. The molecule has 0 aliphatic carbocycles.